The molecule has 0 aromatic rings. The van der Waals surface area contributed by atoms with Gasteiger partial charge in [0.05, 0.1) is 0 Å². The molecule has 0 aliphatic heterocycles. The average Bonchev–Trinajstić information content (AvgIpc) is 1.46. The third-order valence-corrected chi connectivity index (χ3v) is 0. The van der Waals surface area contributed by atoms with Crippen molar-refractivity contribution in [1.29, 1.82) is 0 Å². The molecule has 0 spiro atoms. The monoisotopic (exact) mass is 486 g/mol. The van der Waals surface area contributed by atoms with E-state index in [0.717, 1.165) is 0 Å². The van der Waals surface area contributed by atoms with Crippen molar-refractivity contribution in [2.75, 3.05) is 0 Å². The van der Waals surface area contributed by atoms with Gasteiger partial charge in [0.1, 0.15) is 0 Å². The molecule has 2 radical (unpaired) electrons. The van der Waals surface area contributed by atoms with E-state index in [2.05, 4.69) is 0 Å². The average molecular weight is 487 g/mol. The van der Waals surface area contributed by atoms with Crippen molar-refractivity contribution in [3.63, 3.8) is 0 Å². The van der Waals surface area contributed by atoms with Gasteiger partial charge >= 0.3 is 45.5 Å². The van der Waals surface area contributed by atoms with Crippen molar-refractivity contribution in [2.45, 2.75) is 0 Å². The van der Waals surface area contributed by atoms with Crippen LogP contribution >= 0.6 is 0 Å². The molecule has 0 aromatic heterocycles. The summed E-state index contributed by atoms with van der Waals surface area (Å²) in [7, 11) is 0. The van der Waals surface area contributed by atoms with Gasteiger partial charge in [-0.3, -0.25) is 0 Å². The summed E-state index contributed by atoms with van der Waals surface area (Å²) in [6, 6.07) is 0. The minimum absolute atomic E-state index is 0. The Hall–Kier alpha value is 2.65. The quantitative estimate of drug-likeness (QED) is 0.390. The first-order chi connectivity index (χ1) is 2.41. The summed E-state index contributed by atoms with van der Waals surface area (Å²) in [5.41, 5.74) is 0. The second-order valence-electron chi connectivity index (χ2n) is 0.0833. The fourth-order valence-electron chi connectivity index (χ4n) is 0. The Morgan fingerprint density at radius 1 is 1.12 bits per heavy atom. The Morgan fingerprint density at radius 3 is 1.12 bits per heavy atom. The van der Waals surface area contributed by atoms with Gasteiger partial charge in [-0.15, -0.1) is 0 Å². The molecule has 0 rings (SSSR count). The number of hydrogen-bond acceptors (Lipinski definition) is 3. The molecule has 8 heavy (non-hydrogen) atoms. The molecule has 0 fully saturated rings. The molecular weight excluding hydrogens is 484 g/mol. The van der Waals surface area contributed by atoms with Crippen molar-refractivity contribution in [3.05, 3.63) is 0 Å². The second kappa shape index (κ2) is 54.2. The van der Waals surface area contributed by atoms with Gasteiger partial charge in [-0.05, 0) is 0 Å². The van der Waals surface area contributed by atoms with Crippen LogP contribution < -0.4 is 0 Å². The van der Waals surface area contributed by atoms with Gasteiger partial charge in [0.25, 0.3) is 0 Å². The van der Waals surface area contributed by atoms with E-state index in [0.29, 0.717) is 0 Å². The molecule has 0 aromatic carbocycles. The minimum atomic E-state index is -2.00. The number of rotatable bonds is 0. The molecule has 0 amide bonds. The standard InChI is InChI=1S/Ag.Al.Au.Fe.3O.Ti.3H. The van der Waals surface area contributed by atoms with Crippen LogP contribution in [0.2, 0.25) is 0 Å². The van der Waals surface area contributed by atoms with Crippen LogP contribution in [0.4, 0.5) is 0 Å². The molecule has 0 saturated heterocycles. The maximum atomic E-state index is 8.50. The normalized spacial score (nSPS) is 1.62. The van der Waals surface area contributed by atoms with Gasteiger partial charge in [0, 0.05) is 44.8 Å². The van der Waals surface area contributed by atoms with Crippen LogP contribution in [0.5, 0.6) is 0 Å². The first-order valence-corrected chi connectivity index (χ1v) is 2.28. The molecule has 0 atom stereocenters. The van der Waals surface area contributed by atoms with Crippen LogP contribution in [0.3, 0.4) is 0 Å². The molecule has 0 saturated carbocycles. The summed E-state index contributed by atoms with van der Waals surface area (Å²) in [5, 5.41) is 0. The zero-order chi connectivity index (χ0) is 4.71. The van der Waals surface area contributed by atoms with E-state index in [9.17, 15) is 0 Å². The van der Waals surface area contributed by atoms with Crippen LogP contribution in [-0.4, -0.2) is 17.4 Å². The Kier molecular flexibility index (Phi) is 211. The maximum absolute atomic E-state index is 8.50. The van der Waals surface area contributed by atoms with Crippen LogP contribution in [0.1, 0.15) is 0 Å². The zero-order valence-electron chi connectivity index (χ0n) is 2.68. The molecule has 0 N–H and O–H groups in total. The molecule has 0 heterocycles. The van der Waals surface area contributed by atoms with Gasteiger partial charge in [0.2, 0.25) is 0 Å². The summed E-state index contributed by atoms with van der Waals surface area (Å²) >= 11 is 0. The van der Waals surface area contributed by atoms with Gasteiger partial charge in [-0.2, -0.15) is 0 Å². The summed E-state index contributed by atoms with van der Waals surface area (Å²) in [6.45, 7) is 0. The predicted octanol–water partition coefficient (Wildman–Crippen LogP) is -1.55. The van der Waals surface area contributed by atoms with E-state index in [1.54, 1.807) is 0 Å². The molecule has 58 valence electrons. The van der Waals surface area contributed by atoms with Gasteiger partial charge < -0.3 is 0 Å². The van der Waals surface area contributed by atoms with Crippen molar-refractivity contribution in [3.8, 4) is 0 Å². The molecule has 0 aliphatic rings. The summed E-state index contributed by atoms with van der Waals surface area (Å²) in [6.07, 6.45) is 0. The van der Waals surface area contributed by atoms with E-state index < -0.39 is 19.1 Å². The van der Waals surface area contributed by atoms with E-state index in [4.69, 9.17) is 10.5 Å². The molecular formula is H3AgAlAuFeO3Ti. The molecule has 8 heteroatoms. The van der Waals surface area contributed by atoms with E-state index in [1.165, 1.54) is 0 Å². The van der Waals surface area contributed by atoms with Crippen LogP contribution in [0.25, 0.3) is 0 Å². The van der Waals surface area contributed by atoms with Crippen molar-refractivity contribution < 1.29 is 90.3 Å². The second-order valence-corrected chi connectivity index (χ2v) is 0.344. The van der Waals surface area contributed by atoms with Gasteiger partial charge in [-0.1, -0.05) is 0 Å². The summed E-state index contributed by atoms with van der Waals surface area (Å²) in [4.78, 5) is 0. The van der Waals surface area contributed by atoms with Crippen LogP contribution in [0.15, 0.2) is 0 Å². The SMILES string of the molecule is [Ag].[AlH3].[Au].[O]=[Fe].[O]=[Ti]=[O]. The van der Waals surface area contributed by atoms with Crippen LogP contribution in [-0.2, 0) is 90.3 Å². The fraction of sp³-hybridized carbons (Fsp3) is 0. The van der Waals surface area contributed by atoms with E-state index in [1.807, 2.05) is 15.9 Å². The predicted molar refractivity (Wildman–Crippen MR) is 12.0 cm³/mol. The zero-order valence-corrected chi connectivity index (χ0v) is 9.00. The third kappa shape index (κ3) is 72.2. The first-order valence-electron chi connectivity index (χ1n) is 0.553. The van der Waals surface area contributed by atoms with Crippen molar-refractivity contribution >= 4 is 17.4 Å². The van der Waals surface area contributed by atoms with Crippen molar-refractivity contribution in [2.24, 2.45) is 0 Å². The van der Waals surface area contributed by atoms with E-state index in [-0.39, 0.29) is 62.1 Å². The van der Waals surface area contributed by atoms with Gasteiger partial charge in [-0.25, -0.2) is 0 Å². The third-order valence-electron chi connectivity index (χ3n) is 0. The van der Waals surface area contributed by atoms with Crippen molar-refractivity contribution in [1.82, 2.24) is 0 Å². The molecule has 3 nitrogen and oxygen atoms in total. The first kappa shape index (κ1) is 31.1. The Balaban J connectivity index is -0.00000000567. The Labute approximate surface area is 106 Å². The molecule has 0 unspecified atom stereocenters. The summed E-state index contributed by atoms with van der Waals surface area (Å²) < 4.78 is 25.0. The van der Waals surface area contributed by atoms with Gasteiger partial charge in [0.15, 0.2) is 17.4 Å². The molecule has 0 bridgehead atoms. The molecule has 0 aliphatic carbocycles. The van der Waals surface area contributed by atoms with E-state index >= 15 is 0 Å². The fourth-order valence-corrected chi connectivity index (χ4v) is 0. The van der Waals surface area contributed by atoms with Crippen LogP contribution in [0, 0.1) is 0 Å². The summed E-state index contributed by atoms with van der Waals surface area (Å²) in [5.74, 6) is 0. The number of hydrogen-bond donors (Lipinski definition) is 0. The Bertz CT molecular complexity index is 48.5. The Morgan fingerprint density at radius 2 is 1.12 bits per heavy atom. The topological polar surface area (TPSA) is 51.2 Å².